The molecular weight excluding hydrogens is 128 g/mol. The second-order valence-electron chi connectivity index (χ2n) is 2.89. The van der Waals surface area contributed by atoms with Crippen molar-refractivity contribution in [1.82, 2.24) is 4.90 Å². The molecule has 1 rings (SSSR count). The average Bonchev–Trinajstić information content (AvgIpc) is 1.88. The molecule has 2 N–H and O–H groups in total. The molecule has 0 aromatic rings. The number of morpholine rings is 1. The molecule has 0 radical (unpaired) electrons. The van der Waals surface area contributed by atoms with E-state index in [-0.39, 0.29) is 6.04 Å². The zero-order chi connectivity index (χ0) is 7.40. The van der Waals surface area contributed by atoms with E-state index < -0.39 is 0 Å². The second kappa shape index (κ2) is 3.91. The number of hydrogen-bond donors (Lipinski definition) is 1. The van der Waals surface area contributed by atoms with Crippen molar-refractivity contribution in [3.63, 3.8) is 0 Å². The summed E-state index contributed by atoms with van der Waals surface area (Å²) in [6, 6.07) is 0.290. The van der Waals surface area contributed by atoms with Gasteiger partial charge in [0, 0.05) is 25.7 Å². The molecule has 0 aliphatic carbocycles. The molecule has 3 heteroatoms. The summed E-state index contributed by atoms with van der Waals surface area (Å²) in [7, 11) is 0. The van der Waals surface area contributed by atoms with Crippen molar-refractivity contribution >= 4 is 0 Å². The molecule has 1 saturated heterocycles. The maximum Gasteiger partial charge on any atom is 0.0594 e. The molecule has 60 valence electrons. The van der Waals surface area contributed by atoms with Gasteiger partial charge in [0.05, 0.1) is 13.2 Å². The Morgan fingerprint density at radius 3 is 2.60 bits per heavy atom. The minimum absolute atomic E-state index is 0.290. The molecule has 10 heavy (non-hydrogen) atoms. The number of nitrogens with two attached hydrogens (primary N) is 1. The van der Waals surface area contributed by atoms with E-state index in [1.807, 2.05) is 6.92 Å². The highest BCUT2D eigenvalue weighted by molar-refractivity contribution is 4.66. The van der Waals surface area contributed by atoms with E-state index in [2.05, 4.69) is 4.90 Å². The van der Waals surface area contributed by atoms with Gasteiger partial charge in [0.25, 0.3) is 0 Å². The quantitative estimate of drug-likeness (QED) is 0.576. The highest BCUT2D eigenvalue weighted by Gasteiger charge is 2.10. The first kappa shape index (κ1) is 7.98. The van der Waals surface area contributed by atoms with Crippen LogP contribution in [0.15, 0.2) is 0 Å². The Bertz CT molecular complexity index is 89.6. The summed E-state index contributed by atoms with van der Waals surface area (Å²) in [6.45, 7) is 6.86. The predicted molar refractivity (Wildman–Crippen MR) is 40.9 cm³/mol. The summed E-state index contributed by atoms with van der Waals surface area (Å²) >= 11 is 0. The Morgan fingerprint density at radius 2 is 2.10 bits per heavy atom. The lowest BCUT2D eigenvalue weighted by molar-refractivity contribution is 0.0360. The molecule has 1 unspecified atom stereocenters. The molecule has 0 saturated carbocycles. The Labute approximate surface area is 62.1 Å². The Hall–Kier alpha value is -0.120. The van der Waals surface area contributed by atoms with Crippen LogP contribution < -0.4 is 5.73 Å². The predicted octanol–water partition coefficient (Wildman–Crippen LogP) is -0.334. The lowest BCUT2D eigenvalue weighted by Crippen LogP contribution is -2.42. The van der Waals surface area contributed by atoms with E-state index in [0.717, 1.165) is 32.8 Å². The summed E-state index contributed by atoms with van der Waals surface area (Å²) in [5.41, 5.74) is 5.64. The van der Waals surface area contributed by atoms with Gasteiger partial charge in [-0.3, -0.25) is 4.90 Å². The van der Waals surface area contributed by atoms with Gasteiger partial charge in [-0.1, -0.05) is 0 Å². The van der Waals surface area contributed by atoms with Crippen LogP contribution in [0.25, 0.3) is 0 Å². The summed E-state index contributed by atoms with van der Waals surface area (Å²) in [4.78, 5) is 2.34. The van der Waals surface area contributed by atoms with E-state index in [0.29, 0.717) is 0 Å². The van der Waals surface area contributed by atoms with Gasteiger partial charge >= 0.3 is 0 Å². The Morgan fingerprint density at radius 1 is 1.50 bits per heavy atom. The van der Waals surface area contributed by atoms with Gasteiger partial charge < -0.3 is 10.5 Å². The normalized spacial score (nSPS) is 24.6. The second-order valence-corrected chi connectivity index (χ2v) is 2.89. The van der Waals surface area contributed by atoms with Crippen LogP contribution in [0.5, 0.6) is 0 Å². The van der Waals surface area contributed by atoms with Gasteiger partial charge in [-0.2, -0.15) is 0 Å². The zero-order valence-electron chi connectivity index (χ0n) is 6.55. The van der Waals surface area contributed by atoms with Crippen LogP contribution in [0.2, 0.25) is 0 Å². The minimum Gasteiger partial charge on any atom is -0.379 e. The number of hydrogen-bond acceptors (Lipinski definition) is 3. The van der Waals surface area contributed by atoms with Gasteiger partial charge in [-0.15, -0.1) is 0 Å². The van der Waals surface area contributed by atoms with Gasteiger partial charge in [0.1, 0.15) is 0 Å². The van der Waals surface area contributed by atoms with Crippen LogP contribution in [0.1, 0.15) is 6.92 Å². The smallest absolute Gasteiger partial charge is 0.0594 e. The fraction of sp³-hybridized carbons (Fsp3) is 1.00. The summed E-state index contributed by atoms with van der Waals surface area (Å²) in [6.07, 6.45) is 0. The van der Waals surface area contributed by atoms with E-state index in [9.17, 15) is 0 Å². The van der Waals surface area contributed by atoms with Crippen molar-refractivity contribution in [2.75, 3.05) is 32.8 Å². The van der Waals surface area contributed by atoms with Crippen molar-refractivity contribution in [2.24, 2.45) is 5.73 Å². The van der Waals surface area contributed by atoms with Gasteiger partial charge in [-0.25, -0.2) is 0 Å². The van der Waals surface area contributed by atoms with Crippen molar-refractivity contribution < 1.29 is 4.74 Å². The van der Waals surface area contributed by atoms with Crippen LogP contribution in [-0.2, 0) is 4.74 Å². The lowest BCUT2D eigenvalue weighted by atomic mass is 10.3. The zero-order valence-corrected chi connectivity index (χ0v) is 6.55. The van der Waals surface area contributed by atoms with E-state index in [1.54, 1.807) is 0 Å². The molecule has 3 nitrogen and oxygen atoms in total. The van der Waals surface area contributed by atoms with E-state index in [1.165, 1.54) is 0 Å². The lowest BCUT2D eigenvalue weighted by Gasteiger charge is -2.27. The monoisotopic (exact) mass is 144 g/mol. The first-order valence-corrected chi connectivity index (χ1v) is 3.84. The number of ether oxygens (including phenoxy) is 1. The van der Waals surface area contributed by atoms with Crippen LogP contribution in [-0.4, -0.2) is 43.8 Å². The molecule has 1 aliphatic rings. The van der Waals surface area contributed by atoms with Crippen molar-refractivity contribution in [3.05, 3.63) is 0 Å². The van der Waals surface area contributed by atoms with Gasteiger partial charge in [-0.05, 0) is 6.92 Å². The fourth-order valence-electron chi connectivity index (χ4n) is 1.19. The molecule has 1 aliphatic heterocycles. The molecule has 1 fully saturated rings. The van der Waals surface area contributed by atoms with Crippen LogP contribution in [0, 0.1) is 0 Å². The van der Waals surface area contributed by atoms with Gasteiger partial charge in [0.15, 0.2) is 0 Å². The standard InChI is InChI=1S/C7H16N2O/c1-7(8)6-9-2-4-10-5-3-9/h7H,2-6,8H2,1H3. The van der Waals surface area contributed by atoms with Crippen LogP contribution in [0.4, 0.5) is 0 Å². The summed E-state index contributed by atoms with van der Waals surface area (Å²) < 4.78 is 5.20. The Kier molecular flexibility index (Phi) is 3.12. The Balaban J connectivity index is 2.13. The first-order valence-electron chi connectivity index (χ1n) is 3.84. The third-order valence-corrected chi connectivity index (χ3v) is 1.65. The molecule has 0 bridgehead atoms. The van der Waals surface area contributed by atoms with Crippen molar-refractivity contribution in [1.29, 1.82) is 0 Å². The largest absolute Gasteiger partial charge is 0.379 e. The fourth-order valence-corrected chi connectivity index (χ4v) is 1.19. The average molecular weight is 144 g/mol. The summed E-state index contributed by atoms with van der Waals surface area (Å²) in [5, 5.41) is 0. The number of nitrogens with zero attached hydrogens (tertiary/aromatic N) is 1. The minimum atomic E-state index is 0.290. The van der Waals surface area contributed by atoms with E-state index >= 15 is 0 Å². The van der Waals surface area contributed by atoms with Crippen LogP contribution in [0.3, 0.4) is 0 Å². The van der Waals surface area contributed by atoms with Gasteiger partial charge in [0.2, 0.25) is 0 Å². The highest BCUT2D eigenvalue weighted by Crippen LogP contribution is 1.96. The maximum atomic E-state index is 5.64. The molecular formula is C7H16N2O. The molecule has 1 atom stereocenters. The van der Waals surface area contributed by atoms with Crippen LogP contribution >= 0.6 is 0 Å². The first-order chi connectivity index (χ1) is 4.79. The third kappa shape index (κ3) is 2.64. The number of rotatable bonds is 2. The maximum absolute atomic E-state index is 5.64. The van der Waals surface area contributed by atoms with E-state index in [4.69, 9.17) is 10.5 Å². The molecule has 0 amide bonds. The van der Waals surface area contributed by atoms with Crippen molar-refractivity contribution in [2.45, 2.75) is 13.0 Å². The third-order valence-electron chi connectivity index (χ3n) is 1.65. The molecule has 0 aromatic heterocycles. The highest BCUT2D eigenvalue weighted by atomic mass is 16.5. The summed E-state index contributed by atoms with van der Waals surface area (Å²) in [5.74, 6) is 0. The topological polar surface area (TPSA) is 38.5 Å². The molecule has 0 aromatic carbocycles. The SMILES string of the molecule is CC(N)CN1CCOCC1. The molecule has 0 spiro atoms. The molecule has 1 heterocycles. The van der Waals surface area contributed by atoms with Crippen molar-refractivity contribution in [3.8, 4) is 0 Å².